The van der Waals surface area contributed by atoms with E-state index >= 15 is 0 Å². The van der Waals surface area contributed by atoms with Crippen LogP contribution in [-0.4, -0.2) is 35.7 Å². The van der Waals surface area contributed by atoms with Gasteiger partial charge in [-0.05, 0) is 31.6 Å². The molecule has 1 aliphatic heterocycles. The van der Waals surface area contributed by atoms with Crippen LogP contribution in [0, 0.1) is 10.1 Å². The van der Waals surface area contributed by atoms with Crippen molar-refractivity contribution in [2.24, 2.45) is 0 Å². The number of benzene rings is 1. The highest BCUT2D eigenvalue weighted by atomic mass is 16.7. The van der Waals surface area contributed by atoms with E-state index in [1.807, 2.05) is 18.7 Å². The number of carbonyl (C=O) groups is 2. The summed E-state index contributed by atoms with van der Waals surface area (Å²) in [6.07, 6.45) is 1.24. The topological polar surface area (TPSA) is 99.0 Å². The fourth-order valence-corrected chi connectivity index (χ4v) is 2.55. The van der Waals surface area contributed by atoms with Gasteiger partial charge in [0.25, 0.3) is 11.5 Å². The molecule has 1 fully saturated rings. The predicted molar refractivity (Wildman–Crippen MR) is 90.9 cm³/mol. The summed E-state index contributed by atoms with van der Waals surface area (Å²) in [5.41, 5.74) is 0.415. The Balaban J connectivity index is 2.44. The van der Waals surface area contributed by atoms with Gasteiger partial charge in [-0.15, -0.1) is 0 Å². The van der Waals surface area contributed by atoms with Crippen molar-refractivity contribution >= 4 is 29.4 Å². The van der Waals surface area contributed by atoms with Gasteiger partial charge in [-0.2, -0.15) is 0 Å². The van der Waals surface area contributed by atoms with E-state index in [0.717, 1.165) is 0 Å². The zero-order valence-electron chi connectivity index (χ0n) is 14.6. The van der Waals surface area contributed by atoms with Crippen LogP contribution in [0.25, 0.3) is 6.08 Å². The van der Waals surface area contributed by atoms with Crippen molar-refractivity contribution in [1.82, 2.24) is 0 Å². The number of anilines is 1. The monoisotopic (exact) mass is 348 g/mol. The highest BCUT2D eigenvalue weighted by Gasteiger charge is 2.38. The third-order valence-electron chi connectivity index (χ3n) is 3.73. The quantitative estimate of drug-likeness (QED) is 0.265. The van der Waals surface area contributed by atoms with Gasteiger partial charge in [-0.1, -0.05) is 6.07 Å². The highest BCUT2D eigenvalue weighted by Crippen LogP contribution is 2.31. The molecule has 1 aliphatic rings. The molecule has 0 bridgehead atoms. The normalized spacial score (nSPS) is 16.1. The number of nitro groups is 1. The number of hydrogen-bond donors (Lipinski definition) is 0. The van der Waals surface area contributed by atoms with Gasteiger partial charge < -0.3 is 14.4 Å². The van der Waals surface area contributed by atoms with Crippen molar-refractivity contribution in [3.63, 3.8) is 0 Å². The fourth-order valence-electron chi connectivity index (χ4n) is 2.55. The molecule has 8 nitrogen and oxygen atoms in total. The van der Waals surface area contributed by atoms with Gasteiger partial charge in [0.15, 0.2) is 0 Å². The molecule has 0 aliphatic carbocycles. The first-order chi connectivity index (χ1) is 11.7. The highest BCUT2D eigenvalue weighted by molar-refractivity contribution is 6.18. The number of carbonyl (C=O) groups excluding carboxylic acids is 2. The van der Waals surface area contributed by atoms with Crippen molar-refractivity contribution in [3.8, 4) is 0 Å². The summed E-state index contributed by atoms with van der Waals surface area (Å²) in [7, 11) is 0. The summed E-state index contributed by atoms with van der Waals surface area (Å²) in [6, 6.07) is 4.52. The first kappa shape index (κ1) is 18.4. The minimum atomic E-state index is -1.33. The molecule has 8 heteroatoms. The second-order valence-corrected chi connectivity index (χ2v) is 5.91. The lowest BCUT2D eigenvalue weighted by Crippen LogP contribution is -2.41. The summed E-state index contributed by atoms with van der Waals surface area (Å²) < 4.78 is 10.0. The Morgan fingerprint density at radius 3 is 2.20 bits per heavy atom. The van der Waals surface area contributed by atoms with Crippen LogP contribution in [0.4, 0.5) is 11.4 Å². The maximum Gasteiger partial charge on any atom is 0.348 e. The standard InChI is InChI=1S/C17H20N2O6/c1-5-18(6-2)13-8-7-11(10-14(13)19(22)23)9-12-15(20)24-17(3,4)25-16(12)21/h7-10H,5-6H2,1-4H3. The summed E-state index contributed by atoms with van der Waals surface area (Å²) in [5, 5.41) is 11.4. The van der Waals surface area contributed by atoms with Crippen LogP contribution in [-0.2, 0) is 19.1 Å². The lowest BCUT2D eigenvalue weighted by atomic mass is 10.1. The molecule has 0 spiro atoms. The lowest BCUT2D eigenvalue weighted by molar-refractivity contribution is -0.384. The molecule has 0 atom stereocenters. The summed E-state index contributed by atoms with van der Waals surface area (Å²) in [4.78, 5) is 36.7. The van der Waals surface area contributed by atoms with E-state index in [9.17, 15) is 19.7 Å². The lowest BCUT2D eigenvalue weighted by Gasteiger charge is -2.29. The molecule has 0 unspecified atom stereocenters. The number of nitro benzene ring substituents is 1. The first-order valence-electron chi connectivity index (χ1n) is 7.90. The van der Waals surface area contributed by atoms with E-state index in [4.69, 9.17) is 9.47 Å². The van der Waals surface area contributed by atoms with Gasteiger partial charge >= 0.3 is 11.9 Å². The third-order valence-corrected chi connectivity index (χ3v) is 3.73. The molecule has 0 amide bonds. The van der Waals surface area contributed by atoms with Crippen molar-refractivity contribution in [2.45, 2.75) is 33.5 Å². The van der Waals surface area contributed by atoms with E-state index in [1.54, 1.807) is 12.1 Å². The number of ether oxygens (including phenoxy) is 2. The van der Waals surface area contributed by atoms with Gasteiger partial charge in [-0.3, -0.25) is 10.1 Å². The zero-order chi connectivity index (χ0) is 18.8. The molecule has 0 radical (unpaired) electrons. The average molecular weight is 348 g/mol. The predicted octanol–water partition coefficient (Wildman–Crippen LogP) is 2.66. The van der Waals surface area contributed by atoms with Crippen LogP contribution in [0.3, 0.4) is 0 Å². The van der Waals surface area contributed by atoms with Crippen molar-refractivity contribution in [3.05, 3.63) is 39.4 Å². The number of hydrogen-bond acceptors (Lipinski definition) is 7. The Morgan fingerprint density at radius 1 is 1.16 bits per heavy atom. The van der Waals surface area contributed by atoms with Crippen LogP contribution in [0.15, 0.2) is 23.8 Å². The minimum absolute atomic E-state index is 0.101. The maximum atomic E-state index is 12.0. The van der Waals surface area contributed by atoms with Crippen LogP contribution >= 0.6 is 0 Å². The first-order valence-corrected chi connectivity index (χ1v) is 7.90. The Hall–Kier alpha value is -2.90. The molecule has 134 valence electrons. The SMILES string of the molecule is CCN(CC)c1ccc(C=C2C(=O)OC(C)(C)OC2=O)cc1[N+](=O)[O-]. The smallest absolute Gasteiger partial charge is 0.348 e. The zero-order valence-corrected chi connectivity index (χ0v) is 14.6. The van der Waals surface area contributed by atoms with E-state index in [0.29, 0.717) is 24.3 Å². The maximum absolute atomic E-state index is 12.0. The van der Waals surface area contributed by atoms with Gasteiger partial charge in [0.1, 0.15) is 11.3 Å². The molecule has 2 rings (SSSR count). The summed E-state index contributed by atoms with van der Waals surface area (Å²) in [6.45, 7) is 7.93. The second kappa shape index (κ2) is 6.92. The fraction of sp³-hybridized carbons (Fsp3) is 0.412. The molecular formula is C17H20N2O6. The molecule has 1 saturated heterocycles. The van der Waals surface area contributed by atoms with Crippen molar-refractivity contribution in [2.75, 3.05) is 18.0 Å². The number of cyclic esters (lactones) is 2. The van der Waals surface area contributed by atoms with Crippen LogP contribution in [0.2, 0.25) is 0 Å². The Morgan fingerprint density at radius 2 is 1.72 bits per heavy atom. The minimum Gasteiger partial charge on any atom is -0.419 e. The number of nitrogens with zero attached hydrogens (tertiary/aromatic N) is 2. The van der Waals surface area contributed by atoms with Crippen LogP contribution in [0.5, 0.6) is 0 Å². The van der Waals surface area contributed by atoms with Crippen molar-refractivity contribution < 1.29 is 24.0 Å². The molecule has 1 aromatic rings. The average Bonchev–Trinajstić information content (AvgIpc) is 2.52. The van der Waals surface area contributed by atoms with E-state index < -0.39 is 22.6 Å². The Labute approximate surface area is 145 Å². The Kier molecular flexibility index (Phi) is 5.10. The van der Waals surface area contributed by atoms with E-state index in [2.05, 4.69) is 0 Å². The summed E-state index contributed by atoms with van der Waals surface area (Å²) >= 11 is 0. The third kappa shape index (κ3) is 3.96. The number of esters is 2. The molecule has 0 N–H and O–H groups in total. The molecule has 0 saturated carbocycles. The van der Waals surface area contributed by atoms with Crippen molar-refractivity contribution in [1.29, 1.82) is 0 Å². The van der Waals surface area contributed by atoms with Crippen LogP contribution < -0.4 is 4.90 Å². The van der Waals surface area contributed by atoms with Crippen LogP contribution in [0.1, 0.15) is 33.3 Å². The van der Waals surface area contributed by atoms with Gasteiger partial charge in [-0.25, -0.2) is 9.59 Å². The molecule has 25 heavy (non-hydrogen) atoms. The number of rotatable bonds is 5. The molecule has 1 heterocycles. The molecule has 0 aromatic heterocycles. The second-order valence-electron chi connectivity index (χ2n) is 5.91. The van der Waals surface area contributed by atoms with E-state index in [-0.39, 0.29) is 11.3 Å². The van der Waals surface area contributed by atoms with Gasteiger partial charge in [0.05, 0.1) is 4.92 Å². The molecular weight excluding hydrogens is 328 g/mol. The molecule has 1 aromatic carbocycles. The van der Waals surface area contributed by atoms with Gasteiger partial charge in [0, 0.05) is 33.0 Å². The summed E-state index contributed by atoms with van der Waals surface area (Å²) in [5.74, 6) is -2.97. The Bertz CT molecular complexity index is 728. The van der Waals surface area contributed by atoms with E-state index in [1.165, 1.54) is 26.0 Å². The van der Waals surface area contributed by atoms with Gasteiger partial charge in [0.2, 0.25) is 0 Å². The largest absolute Gasteiger partial charge is 0.419 e.